The van der Waals surface area contributed by atoms with E-state index in [1.54, 1.807) is 0 Å². The van der Waals surface area contributed by atoms with E-state index in [0.29, 0.717) is 0 Å². The van der Waals surface area contributed by atoms with E-state index >= 15 is 0 Å². The molecule has 0 aliphatic rings. The summed E-state index contributed by atoms with van der Waals surface area (Å²) in [4.78, 5) is 8.65. The highest BCUT2D eigenvalue weighted by molar-refractivity contribution is 5.29. The predicted octanol–water partition coefficient (Wildman–Crippen LogP) is 1.92. The van der Waals surface area contributed by atoms with Gasteiger partial charge >= 0.3 is 0 Å². The zero-order chi connectivity index (χ0) is 12.3. The first-order valence-electron chi connectivity index (χ1n) is 5.86. The molecule has 4 nitrogen and oxygen atoms in total. The van der Waals surface area contributed by atoms with Gasteiger partial charge in [0.2, 0.25) is 0 Å². The second-order valence-electron chi connectivity index (χ2n) is 4.03. The van der Waals surface area contributed by atoms with Gasteiger partial charge in [-0.3, -0.25) is 4.98 Å². The summed E-state index contributed by atoms with van der Waals surface area (Å²) in [5.41, 5.74) is 2.40. The van der Waals surface area contributed by atoms with Crippen molar-refractivity contribution in [3.8, 4) is 0 Å². The maximum atomic E-state index is 4.45. The number of nitrogens with zero attached hydrogens (tertiary/aromatic N) is 3. The van der Waals surface area contributed by atoms with Gasteiger partial charge in [-0.25, -0.2) is 4.98 Å². The molecule has 4 heteroatoms. The fraction of sp³-hybridized carbons (Fsp3) is 0.385. The molecule has 0 aromatic carbocycles. The van der Waals surface area contributed by atoms with Gasteiger partial charge in [0.05, 0.1) is 6.04 Å². The number of rotatable bonds is 4. The van der Waals surface area contributed by atoms with E-state index in [4.69, 9.17) is 0 Å². The first-order valence-corrected chi connectivity index (χ1v) is 5.86. The van der Waals surface area contributed by atoms with Crippen LogP contribution in [0.1, 0.15) is 29.9 Å². The molecule has 90 valence electrons. The molecule has 0 aliphatic carbocycles. The van der Waals surface area contributed by atoms with Crippen LogP contribution in [0.15, 0.2) is 30.9 Å². The summed E-state index contributed by atoms with van der Waals surface area (Å²) in [7, 11) is 1.95. The molecule has 2 aromatic heterocycles. The van der Waals surface area contributed by atoms with Crippen molar-refractivity contribution in [1.82, 2.24) is 19.9 Å². The number of nitrogens with one attached hydrogen (secondary N) is 1. The lowest BCUT2D eigenvalue weighted by molar-refractivity contribution is 0.586. The summed E-state index contributed by atoms with van der Waals surface area (Å²) in [6.45, 7) is 5.14. The average Bonchev–Trinajstić information content (AvgIpc) is 2.81. The third-order valence-electron chi connectivity index (χ3n) is 3.03. The summed E-state index contributed by atoms with van der Waals surface area (Å²) in [6.07, 6.45) is 7.57. The molecule has 17 heavy (non-hydrogen) atoms. The number of hydrogen-bond donors (Lipinski definition) is 1. The number of imidazole rings is 1. The standard InChI is InChI=1S/C13H18N4/c1-4-17-8-7-16-13(17)12(14-3)11-9-15-6-5-10(11)2/h5-9,12,14H,4H2,1-3H3. The van der Waals surface area contributed by atoms with Gasteiger partial charge in [-0.15, -0.1) is 0 Å². The van der Waals surface area contributed by atoms with Crippen LogP contribution in [0.3, 0.4) is 0 Å². The normalized spacial score (nSPS) is 12.6. The minimum atomic E-state index is 0.0960. The van der Waals surface area contributed by atoms with Gasteiger partial charge in [0.15, 0.2) is 0 Å². The Labute approximate surface area is 102 Å². The van der Waals surface area contributed by atoms with E-state index in [-0.39, 0.29) is 6.04 Å². The zero-order valence-electron chi connectivity index (χ0n) is 10.5. The number of aryl methyl sites for hydroxylation is 2. The van der Waals surface area contributed by atoms with Crippen LogP contribution in [0.5, 0.6) is 0 Å². The van der Waals surface area contributed by atoms with Crippen LogP contribution in [-0.4, -0.2) is 21.6 Å². The Hall–Kier alpha value is -1.68. The average molecular weight is 230 g/mol. The quantitative estimate of drug-likeness (QED) is 0.872. The molecule has 0 saturated carbocycles. The van der Waals surface area contributed by atoms with E-state index in [1.165, 1.54) is 11.1 Å². The molecular weight excluding hydrogens is 212 g/mol. The molecule has 2 aromatic rings. The third kappa shape index (κ3) is 2.22. The van der Waals surface area contributed by atoms with Crippen molar-refractivity contribution in [2.75, 3.05) is 7.05 Å². The molecule has 0 saturated heterocycles. The highest BCUT2D eigenvalue weighted by atomic mass is 15.1. The lowest BCUT2D eigenvalue weighted by Gasteiger charge is -2.18. The lowest BCUT2D eigenvalue weighted by Crippen LogP contribution is -2.22. The molecule has 0 bridgehead atoms. The molecule has 0 radical (unpaired) electrons. The Morgan fingerprint density at radius 2 is 2.24 bits per heavy atom. The van der Waals surface area contributed by atoms with E-state index in [2.05, 4.69) is 33.7 Å². The highest BCUT2D eigenvalue weighted by Crippen LogP contribution is 2.22. The van der Waals surface area contributed by atoms with Gasteiger partial charge in [0.1, 0.15) is 5.82 Å². The molecule has 1 N–H and O–H groups in total. The van der Waals surface area contributed by atoms with Gasteiger partial charge in [0, 0.05) is 31.3 Å². The number of pyridine rings is 1. The van der Waals surface area contributed by atoms with Crippen molar-refractivity contribution in [3.63, 3.8) is 0 Å². The smallest absolute Gasteiger partial charge is 0.130 e. The maximum Gasteiger partial charge on any atom is 0.130 e. The first kappa shape index (κ1) is 11.8. The Balaban J connectivity index is 2.44. The van der Waals surface area contributed by atoms with Gasteiger partial charge in [0.25, 0.3) is 0 Å². The summed E-state index contributed by atoms with van der Waals surface area (Å²) < 4.78 is 2.15. The third-order valence-corrected chi connectivity index (χ3v) is 3.03. The Morgan fingerprint density at radius 1 is 1.41 bits per heavy atom. The van der Waals surface area contributed by atoms with Crippen LogP contribution in [-0.2, 0) is 6.54 Å². The van der Waals surface area contributed by atoms with Crippen molar-refractivity contribution >= 4 is 0 Å². The second-order valence-corrected chi connectivity index (χ2v) is 4.03. The number of hydrogen-bond acceptors (Lipinski definition) is 3. The summed E-state index contributed by atoms with van der Waals surface area (Å²) in [5.74, 6) is 1.03. The largest absolute Gasteiger partial charge is 0.334 e. The highest BCUT2D eigenvalue weighted by Gasteiger charge is 2.18. The fourth-order valence-corrected chi connectivity index (χ4v) is 2.05. The van der Waals surface area contributed by atoms with Crippen LogP contribution < -0.4 is 5.32 Å². The first-order chi connectivity index (χ1) is 8.27. The molecule has 0 spiro atoms. The van der Waals surface area contributed by atoms with Crippen LogP contribution in [0.4, 0.5) is 0 Å². The Bertz CT molecular complexity index is 490. The summed E-state index contributed by atoms with van der Waals surface area (Å²) in [5, 5.41) is 3.31. The van der Waals surface area contributed by atoms with Crippen LogP contribution in [0.2, 0.25) is 0 Å². The predicted molar refractivity (Wildman–Crippen MR) is 67.8 cm³/mol. The second kappa shape index (κ2) is 5.10. The lowest BCUT2D eigenvalue weighted by atomic mass is 10.0. The molecular formula is C13H18N4. The summed E-state index contributed by atoms with van der Waals surface area (Å²) in [6, 6.07) is 2.12. The summed E-state index contributed by atoms with van der Waals surface area (Å²) >= 11 is 0. The van der Waals surface area contributed by atoms with E-state index < -0.39 is 0 Å². The Morgan fingerprint density at radius 3 is 2.88 bits per heavy atom. The topological polar surface area (TPSA) is 42.7 Å². The Kier molecular flexibility index (Phi) is 3.54. The molecule has 2 heterocycles. The molecule has 2 rings (SSSR count). The van der Waals surface area contributed by atoms with Crippen LogP contribution in [0, 0.1) is 6.92 Å². The number of aromatic nitrogens is 3. The van der Waals surface area contributed by atoms with Crippen molar-refractivity contribution < 1.29 is 0 Å². The molecule has 0 amide bonds. The minimum Gasteiger partial charge on any atom is -0.334 e. The van der Waals surface area contributed by atoms with Crippen molar-refractivity contribution in [2.45, 2.75) is 26.4 Å². The molecule has 0 aliphatic heterocycles. The van der Waals surface area contributed by atoms with Crippen molar-refractivity contribution in [1.29, 1.82) is 0 Å². The van der Waals surface area contributed by atoms with Crippen molar-refractivity contribution in [3.05, 3.63) is 47.8 Å². The SMILES string of the molecule is CCn1ccnc1C(NC)c1cnccc1C. The monoisotopic (exact) mass is 230 g/mol. The van der Waals surface area contributed by atoms with Gasteiger partial charge < -0.3 is 9.88 Å². The van der Waals surface area contributed by atoms with Crippen LogP contribution >= 0.6 is 0 Å². The van der Waals surface area contributed by atoms with Gasteiger partial charge in [-0.05, 0) is 38.1 Å². The minimum absolute atomic E-state index is 0.0960. The van der Waals surface area contributed by atoms with E-state index in [9.17, 15) is 0 Å². The fourth-order valence-electron chi connectivity index (χ4n) is 2.05. The molecule has 0 fully saturated rings. The maximum absolute atomic E-state index is 4.45. The van der Waals surface area contributed by atoms with Crippen LogP contribution in [0.25, 0.3) is 0 Å². The molecule has 1 atom stereocenters. The zero-order valence-corrected chi connectivity index (χ0v) is 10.5. The van der Waals surface area contributed by atoms with Gasteiger partial charge in [-0.1, -0.05) is 0 Å². The van der Waals surface area contributed by atoms with Gasteiger partial charge in [-0.2, -0.15) is 0 Å². The van der Waals surface area contributed by atoms with E-state index in [1.807, 2.05) is 37.9 Å². The molecule has 1 unspecified atom stereocenters. The van der Waals surface area contributed by atoms with E-state index in [0.717, 1.165) is 12.4 Å². The van der Waals surface area contributed by atoms with Crippen molar-refractivity contribution in [2.24, 2.45) is 0 Å².